The maximum Gasteiger partial charge on any atom is 0.116 e. The maximum atomic E-state index is 4.82. The van der Waals surface area contributed by atoms with Crippen molar-refractivity contribution in [3.8, 4) is 22.5 Å². The number of fused-ring (bicyclic) bond motifs is 6. The molecule has 0 spiro atoms. The van der Waals surface area contributed by atoms with E-state index in [0.29, 0.717) is 0 Å². The maximum absolute atomic E-state index is 4.82. The van der Waals surface area contributed by atoms with Crippen molar-refractivity contribution in [1.29, 1.82) is 0 Å². The van der Waals surface area contributed by atoms with Gasteiger partial charge in [0.05, 0.1) is 11.4 Å². The Kier molecular flexibility index (Phi) is 3.25. The topological polar surface area (TPSA) is 25.8 Å². The fourth-order valence-electron chi connectivity index (χ4n) is 4.99. The molecule has 0 bridgehead atoms. The van der Waals surface area contributed by atoms with Crippen LogP contribution in [0.5, 0.6) is 0 Å². The Hall–Kier alpha value is -3.52. The zero-order valence-electron chi connectivity index (χ0n) is 16.5. The highest BCUT2D eigenvalue weighted by Crippen LogP contribution is 2.53. The lowest BCUT2D eigenvalue weighted by molar-refractivity contribution is 0.658. The molecular weight excluding hydrogens is 352 g/mol. The predicted molar refractivity (Wildman–Crippen MR) is 120 cm³/mol. The predicted octanol–water partition coefficient (Wildman–Crippen LogP) is 6.76. The van der Waals surface area contributed by atoms with E-state index in [1.54, 1.807) is 6.33 Å². The number of benzene rings is 4. The first-order chi connectivity index (χ1) is 14.2. The van der Waals surface area contributed by atoms with Crippen LogP contribution in [0.4, 0.5) is 0 Å². The van der Waals surface area contributed by atoms with Crippen LogP contribution in [0, 0.1) is 0 Å². The molecule has 5 aromatic rings. The van der Waals surface area contributed by atoms with Gasteiger partial charge >= 0.3 is 0 Å². The summed E-state index contributed by atoms with van der Waals surface area (Å²) < 4.78 is 0. The van der Waals surface area contributed by atoms with E-state index in [1.165, 1.54) is 43.8 Å². The van der Waals surface area contributed by atoms with E-state index in [-0.39, 0.29) is 5.41 Å². The van der Waals surface area contributed by atoms with E-state index in [9.17, 15) is 0 Å². The van der Waals surface area contributed by atoms with E-state index in [0.717, 1.165) is 11.4 Å². The van der Waals surface area contributed by atoms with Gasteiger partial charge in [-0.05, 0) is 27.1 Å². The van der Waals surface area contributed by atoms with E-state index < -0.39 is 0 Å². The van der Waals surface area contributed by atoms with Crippen LogP contribution >= 0.6 is 0 Å². The van der Waals surface area contributed by atoms with E-state index in [2.05, 4.69) is 92.7 Å². The third-order valence-electron chi connectivity index (χ3n) is 6.36. The van der Waals surface area contributed by atoms with Gasteiger partial charge in [-0.2, -0.15) is 0 Å². The Morgan fingerprint density at radius 2 is 1.28 bits per heavy atom. The van der Waals surface area contributed by atoms with Crippen molar-refractivity contribution in [2.75, 3.05) is 0 Å². The standard InChI is InChI=1S/C27H20N2/c1-27(2)22-15-14-18-9-4-6-12-20(18)23(22)26-24(27)25(28-16-29-26)21-13-7-10-17-8-3-5-11-19(17)21/h3-16H,1-2H3. The van der Waals surface area contributed by atoms with Crippen LogP contribution in [0.15, 0.2) is 85.2 Å². The van der Waals surface area contributed by atoms with Gasteiger partial charge in [-0.3, -0.25) is 0 Å². The Morgan fingerprint density at radius 3 is 2.10 bits per heavy atom. The minimum Gasteiger partial charge on any atom is -0.236 e. The van der Waals surface area contributed by atoms with Gasteiger partial charge in [-0.15, -0.1) is 0 Å². The largest absolute Gasteiger partial charge is 0.236 e. The molecule has 1 heterocycles. The van der Waals surface area contributed by atoms with Crippen LogP contribution in [0.1, 0.15) is 25.0 Å². The highest BCUT2D eigenvalue weighted by Gasteiger charge is 2.40. The molecule has 0 aliphatic heterocycles. The minimum atomic E-state index is -0.164. The zero-order valence-corrected chi connectivity index (χ0v) is 16.5. The second kappa shape index (κ2) is 5.74. The minimum absolute atomic E-state index is 0.164. The monoisotopic (exact) mass is 372 g/mol. The summed E-state index contributed by atoms with van der Waals surface area (Å²) in [5, 5.41) is 4.98. The summed E-state index contributed by atoms with van der Waals surface area (Å²) in [7, 11) is 0. The Morgan fingerprint density at radius 1 is 0.621 bits per heavy atom. The van der Waals surface area contributed by atoms with Crippen LogP contribution in [-0.4, -0.2) is 9.97 Å². The van der Waals surface area contributed by atoms with Gasteiger partial charge in [0.2, 0.25) is 0 Å². The van der Waals surface area contributed by atoms with Gasteiger partial charge in [0.25, 0.3) is 0 Å². The summed E-state index contributed by atoms with van der Waals surface area (Å²) >= 11 is 0. The van der Waals surface area contributed by atoms with Crippen LogP contribution in [0.3, 0.4) is 0 Å². The molecule has 0 fully saturated rings. The molecule has 0 unspecified atom stereocenters. The third kappa shape index (κ3) is 2.17. The van der Waals surface area contributed by atoms with Gasteiger partial charge in [0.1, 0.15) is 6.33 Å². The Balaban J connectivity index is 1.74. The molecule has 29 heavy (non-hydrogen) atoms. The molecule has 1 aliphatic carbocycles. The third-order valence-corrected chi connectivity index (χ3v) is 6.36. The lowest BCUT2D eigenvalue weighted by Gasteiger charge is -2.23. The molecule has 1 aliphatic rings. The van der Waals surface area contributed by atoms with Crippen molar-refractivity contribution in [3.63, 3.8) is 0 Å². The average Bonchev–Trinajstić information content (AvgIpc) is 3.01. The summed E-state index contributed by atoms with van der Waals surface area (Å²) in [6.45, 7) is 4.59. The van der Waals surface area contributed by atoms with Crippen LogP contribution in [0.25, 0.3) is 44.1 Å². The van der Waals surface area contributed by atoms with Gasteiger partial charge in [0.15, 0.2) is 0 Å². The van der Waals surface area contributed by atoms with Crippen molar-refractivity contribution in [2.24, 2.45) is 0 Å². The second-order valence-electron chi connectivity index (χ2n) is 8.31. The van der Waals surface area contributed by atoms with Gasteiger partial charge in [0, 0.05) is 22.1 Å². The van der Waals surface area contributed by atoms with Crippen LogP contribution in [0.2, 0.25) is 0 Å². The normalized spacial score (nSPS) is 14.1. The van der Waals surface area contributed by atoms with Crippen LogP contribution in [-0.2, 0) is 5.41 Å². The molecule has 0 N–H and O–H groups in total. The molecule has 4 aromatic carbocycles. The highest BCUT2D eigenvalue weighted by molar-refractivity contribution is 6.04. The zero-order chi connectivity index (χ0) is 19.6. The average molecular weight is 372 g/mol. The molecule has 2 nitrogen and oxygen atoms in total. The summed E-state index contributed by atoms with van der Waals surface area (Å²) in [6.07, 6.45) is 1.73. The van der Waals surface area contributed by atoms with Gasteiger partial charge in [-0.25, -0.2) is 9.97 Å². The first-order valence-electron chi connectivity index (χ1n) is 10.0. The molecule has 0 radical (unpaired) electrons. The summed E-state index contributed by atoms with van der Waals surface area (Å²) in [5.41, 5.74) is 6.93. The SMILES string of the molecule is CC1(C)c2ccc3ccccc3c2-c2ncnc(-c3cccc4ccccc34)c21. The number of hydrogen-bond acceptors (Lipinski definition) is 2. The molecule has 138 valence electrons. The summed E-state index contributed by atoms with van der Waals surface area (Å²) in [6, 6.07) is 28.1. The molecule has 1 aromatic heterocycles. The molecule has 2 heteroatoms. The van der Waals surface area contributed by atoms with Crippen molar-refractivity contribution < 1.29 is 0 Å². The van der Waals surface area contributed by atoms with Crippen molar-refractivity contribution in [3.05, 3.63) is 96.3 Å². The molecule has 6 rings (SSSR count). The highest BCUT2D eigenvalue weighted by atomic mass is 14.9. The first-order valence-corrected chi connectivity index (χ1v) is 10.0. The van der Waals surface area contributed by atoms with E-state index >= 15 is 0 Å². The Bertz CT molecular complexity index is 1420. The quantitative estimate of drug-likeness (QED) is 0.325. The fourth-order valence-corrected chi connectivity index (χ4v) is 4.99. The smallest absolute Gasteiger partial charge is 0.116 e. The summed E-state index contributed by atoms with van der Waals surface area (Å²) in [4.78, 5) is 9.62. The number of nitrogens with zero attached hydrogens (tertiary/aromatic N) is 2. The van der Waals surface area contributed by atoms with Crippen LogP contribution < -0.4 is 0 Å². The molecule has 0 saturated carbocycles. The molecule has 0 amide bonds. The fraction of sp³-hybridized carbons (Fsp3) is 0.111. The van der Waals surface area contributed by atoms with Gasteiger partial charge in [-0.1, -0.05) is 92.7 Å². The summed E-state index contributed by atoms with van der Waals surface area (Å²) in [5.74, 6) is 0. The number of rotatable bonds is 1. The van der Waals surface area contributed by atoms with E-state index in [1.807, 2.05) is 0 Å². The van der Waals surface area contributed by atoms with Crippen molar-refractivity contribution >= 4 is 21.5 Å². The van der Waals surface area contributed by atoms with Gasteiger partial charge < -0.3 is 0 Å². The lowest BCUT2D eigenvalue weighted by atomic mass is 9.80. The molecule has 0 saturated heterocycles. The molecule has 0 atom stereocenters. The second-order valence-corrected chi connectivity index (χ2v) is 8.31. The molecular formula is C27H20N2. The van der Waals surface area contributed by atoms with Crippen molar-refractivity contribution in [2.45, 2.75) is 19.3 Å². The first kappa shape index (κ1) is 16.4. The van der Waals surface area contributed by atoms with Crippen molar-refractivity contribution in [1.82, 2.24) is 9.97 Å². The number of hydrogen-bond donors (Lipinski definition) is 0. The number of aromatic nitrogens is 2. The van der Waals surface area contributed by atoms with E-state index in [4.69, 9.17) is 9.97 Å². The lowest BCUT2D eigenvalue weighted by Crippen LogP contribution is -2.17. The Labute approximate surface area is 169 Å².